The van der Waals surface area contributed by atoms with E-state index in [4.69, 9.17) is 4.74 Å². The van der Waals surface area contributed by atoms with Crippen LogP contribution in [0.4, 0.5) is 5.69 Å². The van der Waals surface area contributed by atoms with Crippen molar-refractivity contribution in [2.75, 3.05) is 25.0 Å². The van der Waals surface area contributed by atoms with Crippen LogP contribution < -0.4 is 5.32 Å². The average Bonchev–Trinajstić information content (AvgIpc) is 2.95. The highest BCUT2D eigenvalue weighted by Gasteiger charge is 2.34. The third-order valence-corrected chi connectivity index (χ3v) is 5.77. The molecule has 1 aromatic heterocycles. The molecule has 1 N–H and O–H groups in total. The zero-order valence-electron chi connectivity index (χ0n) is 13.7. The largest absolute Gasteiger partial charge is 0.368 e. The highest BCUT2D eigenvalue weighted by atomic mass is 32.1. The fraction of sp³-hybridized carbons (Fsp3) is 0.444. The number of thiazole rings is 1. The van der Waals surface area contributed by atoms with E-state index in [0.717, 1.165) is 42.3 Å². The summed E-state index contributed by atoms with van der Waals surface area (Å²) in [7, 11) is 0. The standard InChI is InChI=1S/C18H21N3O2S/c1-12-11-24-18(19-12)16-10-21(8-9-23-16)15-7-6-13-4-2-3-5-14(13)20-17(15)22/h2-5,11,15-16H,6-10H2,1H3,(H,20,22)/t15-,16+/m0/s1. The number of carbonyl (C=O) groups is 1. The minimum absolute atomic E-state index is 0.0316. The lowest BCUT2D eigenvalue weighted by Crippen LogP contribution is -2.49. The van der Waals surface area contributed by atoms with Crippen molar-refractivity contribution in [1.82, 2.24) is 9.88 Å². The second kappa shape index (κ2) is 6.63. The van der Waals surface area contributed by atoms with Gasteiger partial charge in [0.2, 0.25) is 5.91 Å². The van der Waals surface area contributed by atoms with E-state index in [-0.39, 0.29) is 18.1 Å². The Balaban J connectivity index is 1.50. The smallest absolute Gasteiger partial charge is 0.241 e. The van der Waals surface area contributed by atoms with Gasteiger partial charge in [0.1, 0.15) is 11.1 Å². The molecule has 1 amide bonds. The average molecular weight is 343 g/mol. The molecule has 0 spiro atoms. The zero-order valence-corrected chi connectivity index (χ0v) is 14.5. The van der Waals surface area contributed by atoms with Crippen molar-refractivity contribution in [1.29, 1.82) is 0 Å². The number of ether oxygens (including phenoxy) is 1. The van der Waals surface area contributed by atoms with E-state index in [1.54, 1.807) is 11.3 Å². The first-order valence-electron chi connectivity index (χ1n) is 8.37. The molecule has 2 aromatic rings. The normalized spacial score (nSPS) is 25.0. The fourth-order valence-electron chi connectivity index (χ4n) is 3.47. The summed E-state index contributed by atoms with van der Waals surface area (Å²) < 4.78 is 5.90. The van der Waals surface area contributed by atoms with Crippen molar-refractivity contribution in [2.45, 2.75) is 31.9 Å². The molecule has 1 fully saturated rings. The van der Waals surface area contributed by atoms with Crippen LogP contribution >= 0.6 is 11.3 Å². The number of rotatable bonds is 2. The Morgan fingerprint density at radius 1 is 1.38 bits per heavy atom. The molecular weight excluding hydrogens is 322 g/mol. The Labute approximate surface area is 145 Å². The highest BCUT2D eigenvalue weighted by Crippen LogP contribution is 2.29. The number of nitrogens with one attached hydrogen (secondary N) is 1. The molecule has 0 aliphatic carbocycles. The van der Waals surface area contributed by atoms with Crippen LogP contribution in [-0.2, 0) is 16.0 Å². The van der Waals surface area contributed by atoms with Gasteiger partial charge in [0.05, 0.1) is 12.6 Å². The molecular formula is C18H21N3O2S. The number of para-hydroxylation sites is 1. The molecule has 2 aliphatic heterocycles. The van der Waals surface area contributed by atoms with E-state index < -0.39 is 0 Å². The van der Waals surface area contributed by atoms with Crippen LogP contribution in [0, 0.1) is 6.92 Å². The molecule has 0 bridgehead atoms. The molecule has 6 heteroatoms. The second-order valence-electron chi connectivity index (χ2n) is 6.38. The van der Waals surface area contributed by atoms with Gasteiger partial charge in [-0.05, 0) is 31.4 Å². The topological polar surface area (TPSA) is 54.5 Å². The van der Waals surface area contributed by atoms with E-state index in [2.05, 4.69) is 21.3 Å². The van der Waals surface area contributed by atoms with Gasteiger partial charge in [0, 0.05) is 29.9 Å². The monoisotopic (exact) mass is 343 g/mol. The Hall–Kier alpha value is -1.76. The summed E-state index contributed by atoms with van der Waals surface area (Å²) in [6, 6.07) is 7.97. The van der Waals surface area contributed by atoms with Gasteiger partial charge in [-0.1, -0.05) is 18.2 Å². The molecule has 24 heavy (non-hydrogen) atoms. The van der Waals surface area contributed by atoms with Crippen LogP contribution in [0.2, 0.25) is 0 Å². The van der Waals surface area contributed by atoms with Crippen LogP contribution in [0.3, 0.4) is 0 Å². The van der Waals surface area contributed by atoms with Crippen molar-refractivity contribution in [2.24, 2.45) is 0 Å². The number of aromatic nitrogens is 1. The number of hydrogen-bond donors (Lipinski definition) is 1. The maximum Gasteiger partial charge on any atom is 0.241 e. The third kappa shape index (κ3) is 3.09. The minimum atomic E-state index is -0.107. The van der Waals surface area contributed by atoms with Gasteiger partial charge in [-0.25, -0.2) is 4.98 Å². The molecule has 1 saturated heterocycles. The van der Waals surface area contributed by atoms with Gasteiger partial charge in [0.15, 0.2) is 0 Å². The number of carbonyl (C=O) groups excluding carboxylic acids is 1. The van der Waals surface area contributed by atoms with Gasteiger partial charge in [-0.2, -0.15) is 0 Å². The lowest BCUT2D eigenvalue weighted by molar-refractivity contribution is -0.125. The lowest BCUT2D eigenvalue weighted by Gasteiger charge is -2.36. The van der Waals surface area contributed by atoms with Crippen LogP contribution in [0.1, 0.15) is 28.8 Å². The van der Waals surface area contributed by atoms with Crippen molar-refractivity contribution in [3.8, 4) is 0 Å². The highest BCUT2D eigenvalue weighted by molar-refractivity contribution is 7.09. The number of anilines is 1. The maximum absolute atomic E-state index is 12.7. The summed E-state index contributed by atoms with van der Waals surface area (Å²) in [5, 5.41) is 6.15. The summed E-state index contributed by atoms with van der Waals surface area (Å²) in [6.45, 7) is 4.15. The third-order valence-electron chi connectivity index (χ3n) is 4.72. The molecule has 0 saturated carbocycles. The molecule has 4 rings (SSSR count). The minimum Gasteiger partial charge on any atom is -0.368 e. The number of fused-ring (bicyclic) bond motifs is 1. The van der Waals surface area contributed by atoms with Crippen molar-refractivity contribution < 1.29 is 9.53 Å². The van der Waals surface area contributed by atoms with E-state index in [1.165, 1.54) is 5.56 Å². The molecule has 0 radical (unpaired) electrons. The van der Waals surface area contributed by atoms with Gasteiger partial charge >= 0.3 is 0 Å². The molecule has 2 atom stereocenters. The number of nitrogens with zero attached hydrogens (tertiary/aromatic N) is 2. The van der Waals surface area contributed by atoms with E-state index >= 15 is 0 Å². The molecule has 2 aliphatic rings. The number of benzene rings is 1. The zero-order chi connectivity index (χ0) is 16.5. The van der Waals surface area contributed by atoms with Crippen molar-refractivity contribution >= 4 is 22.9 Å². The number of hydrogen-bond acceptors (Lipinski definition) is 5. The first-order chi connectivity index (χ1) is 11.7. The summed E-state index contributed by atoms with van der Waals surface area (Å²) in [5.41, 5.74) is 3.19. The molecule has 3 heterocycles. The van der Waals surface area contributed by atoms with Crippen molar-refractivity contribution in [3.05, 3.63) is 45.9 Å². The van der Waals surface area contributed by atoms with Gasteiger partial charge in [-0.15, -0.1) is 11.3 Å². The first kappa shape index (κ1) is 15.7. The van der Waals surface area contributed by atoms with Crippen LogP contribution in [-0.4, -0.2) is 41.5 Å². The van der Waals surface area contributed by atoms with Gasteiger partial charge in [0.25, 0.3) is 0 Å². The van der Waals surface area contributed by atoms with E-state index in [0.29, 0.717) is 6.61 Å². The predicted octanol–water partition coefficient (Wildman–Crippen LogP) is 2.78. The number of aryl methyl sites for hydroxylation is 2. The Bertz CT molecular complexity index is 745. The summed E-state index contributed by atoms with van der Waals surface area (Å²) in [4.78, 5) is 19.5. The quantitative estimate of drug-likeness (QED) is 0.911. The number of morpholine rings is 1. The van der Waals surface area contributed by atoms with Gasteiger partial charge in [-0.3, -0.25) is 9.69 Å². The van der Waals surface area contributed by atoms with Gasteiger partial charge < -0.3 is 10.1 Å². The maximum atomic E-state index is 12.7. The van der Waals surface area contributed by atoms with Crippen LogP contribution in [0.15, 0.2) is 29.6 Å². The molecule has 1 aromatic carbocycles. The van der Waals surface area contributed by atoms with E-state index in [9.17, 15) is 4.79 Å². The van der Waals surface area contributed by atoms with Crippen LogP contribution in [0.25, 0.3) is 0 Å². The van der Waals surface area contributed by atoms with Crippen LogP contribution in [0.5, 0.6) is 0 Å². The second-order valence-corrected chi connectivity index (χ2v) is 7.27. The Morgan fingerprint density at radius 2 is 2.25 bits per heavy atom. The Kier molecular flexibility index (Phi) is 4.35. The first-order valence-corrected chi connectivity index (χ1v) is 9.25. The molecule has 126 valence electrons. The summed E-state index contributed by atoms with van der Waals surface area (Å²) in [6.07, 6.45) is 1.72. The Morgan fingerprint density at radius 3 is 3.08 bits per heavy atom. The molecule has 5 nitrogen and oxygen atoms in total. The predicted molar refractivity (Wildman–Crippen MR) is 94.3 cm³/mol. The summed E-state index contributed by atoms with van der Waals surface area (Å²) in [5.74, 6) is 0.0934. The fourth-order valence-corrected chi connectivity index (χ4v) is 4.30. The van der Waals surface area contributed by atoms with Crippen molar-refractivity contribution in [3.63, 3.8) is 0 Å². The SMILES string of the molecule is Cc1csc([C@H]2CN([C@H]3CCc4ccccc4NC3=O)CCO2)n1. The molecule has 0 unspecified atom stereocenters. The lowest BCUT2D eigenvalue weighted by atomic mass is 10.0. The number of amides is 1. The van der Waals surface area contributed by atoms with E-state index in [1.807, 2.05) is 30.5 Å². The summed E-state index contributed by atoms with van der Waals surface area (Å²) >= 11 is 1.64.